The highest BCUT2D eigenvalue weighted by atomic mass is 16.6. The molecular formula is C58H94O6. The van der Waals surface area contributed by atoms with Gasteiger partial charge >= 0.3 is 17.9 Å². The van der Waals surface area contributed by atoms with Crippen molar-refractivity contribution in [2.45, 2.75) is 226 Å². The Hall–Kier alpha value is -3.93. The van der Waals surface area contributed by atoms with Gasteiger partial charge in [0.25, 0.3) is 0 Å². The van der Waals surface area contributed by atoms with E-state index in [1.54, 1.807) is 0 Å². The van der Waals surface area contributed by atoms with Gasteiger partial charge in [-0.25, -0.2) is 0 Å². The molecular weight excluding hydrogens is 793 g/mol. The third-order valence-electron chi connectivity index (χ3n) is 10.6. The zero-order valence-electron chi connectivity index (χ0n) is 41.3. The van der Waals surface area contributed by atoms with Crippen molar-refractivity contribution in [1.82, 2.24) is 0 Å². The number of ether oxygens (including phenoxy) is 3. The van der Waals surface area contributed by atoms with Crippen molar-refractivity contribution < 1.29 is 28.6 Å². The molecule has 1 unspecified atom stereocenters. The highest BCUT2D eigenvalue weighted by Gasteiger charge is 2.19. The first-order valence-corrected chi connectivity index (χ1v) is 25.9. The van der Waals surface area contributed by atoms with Crippen LogP contribution in [0.5, 0.6) is 0 Å². The maximum atomic E-state index is 12.8. The standard InChI is InChI=1S/C58H94O6/c1-4-7-10-13-16-19-22-24-26-28-30-31-33-36-39-42-45-48-51-57(60)63-54-55(53-62-56(59)50-47-44-41-38-35-21-18-15-12-9-6-3)64-58(61)52-49-46-43-40-37-34-32-29-27-25-23-20-17-14-11-8-5-2/h9,12,16-22,24-28,30-31,38,41,55H,4-8,10-11,13-15,23,29,32-37,39-40,42-54H2,1-3H3/b12-9-,19-16-,20-17-,21-18-,24-22-,27-25-,28-26-,31-30-,41-38-. The summed E-state index contributed by atoms with van der Waals surface area (Å²) in [6.07, 6.45) is 69.3. The lowest BCUT2D eigenvalue weighted by molar-refractivity contribution is -0.167. The van der Waals surface area contributed by atoms with Crippen LogP contribution in [-0.4, -0.2) is 37.2 Å². The zero-order chi connectivity index (χ0) is 46.5. The molecule has 0 aromatic carbocycles. The summed E-state index contributed by atoms with van der Waals surface area (Å²) in [7, 11) is 0. The Morgan fingerprint density at radius 3 is 1.16 bits per heavy atom. The van der Waals surface area contributed by atoms with Crippen molar-refractivity contribution in [3.63, 3.8) is 0 Å². The fourth-order valence-corrected chi connectivity index (χ4v) is 6.68. The molecule has 0 saturated heterocycles. The van der Waals surface area contributed by atoms with E-state index >= 15 is 0 Å². The Morgan fingerprint density at radius 1 is 0.344 bits per heavy atom. The molecule has 0 fully saturated rings. The van der Waals surface area contributed by atoms with E-state index in [4.69, 9.17) is 14.2 Å². The first-order chi connectivity index (χ1) is 31.5. The molecule has 0 aliphatic heterocycles. The van der Waals surface area contributed by atoms with E-state index in [1.165, 1.54) is 70.6 Å². The summed E-state index contributed by atoms with van der Waals surface area (Å²) in [6.45, 7) is 6.37. The maximum absolute atomic E-state index is 12.8. The Bertz CT molecular complexity index is 1340. The van der Waals surface area contributed by atoms with Gasteiger partial charge in [0, 0.05) is 19.3 Å². The van der Waals surface area contributed by atoms with Crippen molar-refractivity contribution in [1.29, 1.82) is 0 Å². The van der Waals surface area contributed by atoms with Crippen LogP contribution in [0.3, 0.4) is 0 Å². The number of esters is 3. The van der Waals surface area contributed by atoms with Crippen LogP contribution in [0.25, 0.3) is 0 Å². The zero-order valence-corrected chi connectivity index (χ0v) is 41.3. The molecule has 6 nitrogen and oxygen atoms in total. The van der Waals surface area contributed by atoms with Crippen LogP contribution in [0.1, 0.15) is 220 Å². The minimum atomic E-state index is -0.814. The summed E-state index contributed by atoms with van der Waals surface area (Å²) >= 11 is 0. The van der Waals surface area contributed by atoms with Gasteiger partial charge in [-0.3, -0.25) is 14.4 Å². The summed E-state index contributed by atoms with van der Waals surface area (Å²) in [5.41, 5.74) is 0. The second-order valence-corrected chi connectivity index (χ2v) is 16.8. The van der Waals surface area contributed by atoms with Crippen LogP contribution in [0.2, 0.25) is 0 Å². The number of hydrogen-bond acceptors (Lipinski definition) is 6. The van der Waals surface area contributed by atoms with Gasteiger partial charge in [-0.15, -0.1) is 0 Å². The van der Waals surface area contributed by atoms with Crippen LogP contribution in [0.15, 0.2) is 109 Å². The van der Waals surface area contributed by atoms with Crippen molar-refractivity contribution >= 4 is 17.9 Å². The third-order valence-corrected chi connectivity index (χ3v) is 10.6. The number of carbonyl (C=O) groups is 3. The molecule has 0 bridgehead atoms. The maximum Gasteiger partial charge on any atom is 0.306 e. The van der Waals surface area contributed by atoms with Gasteiger partial charge in [0.1, 0.15) is 13.2 Å². The highest BCUT2D eigenvalue weighted by molar-refractivity contribution is 5.71. The van der Waals surface area contributed by atoms with Crippen LogP contribution >= 0.6 is 0 Å². The van der Waals surface area contributed by atoms with E-state index in [0.717, 1.165) is 103 Å². The second kappa shape index (κ2) is 51.7. The van der Waals surface area contributed by atoms with Crippen LogP contribution in [0.4, 0.5) is 0 Å². The topological polar surface area (TPSA) is 78.9 Å². The molecule has 0 rings (SSSR count). The second-order valence-electron chi connectivity index (χ2n) is 16.8. The molecule has 0 saturated carbocycles. The first kappa shape index (κ1) is 60.1. The van der Waals surface area contributed by atoms with Crippen LogP contribution in [0, 0.1) is 0 Å². The van der Waals surface area contributed by atoms with Crippen molar-refractivity contribution in [3.05, 3.63) is 109 Å². The van der Waals surface area contributed by atoms with Gasteiger partial charge in [-0.1, -0.05) is 207 Å². The van der Waals surface area contributed by atoms with Crippen molar-refractivity contribution in [2.24, 2.45) is 0 Å². The number of unbranched alkanes of at least 4 members (excludes halogenated alkanes) is 19. The minimum absolute atomic E-state index is 0.112. The van der Waals surface area contributed by atoms with Gasteiger partial charge in [0.05, 0.1) is 0 Å². The summed E-state index contributed by atoms with van der Waals surface area (Å²) in [5, 5.41) is 0. The molecule has 0 heterocycles. The predicted octanol–water partition coefficient (Wildman–Crippen LogP) is 17.1. The quantitative estimate of drug-likeness (QED) is 0.0199. The van der Waals surface area contributed by atoms with Crippen molar-refractivity contribution in [2.75, 3.05) is 13.2 Å². The summed E-state index contributed by atoms with van der Waals surface area (Å²) in [6, 6.07) is 0. The average molecular weight is 887 g/mol. The van der Waals surface area contributed by atoms with E-state index < -0.39 is 6.10 Å². The fraction of sp³-hybridized carbons (Fsp3) is 0.638. The molecule has 0 aliphatic carbocycles. The molecule has 0 aromatic rings. The van der Waals surface area contributed by atoms with Gasteiger partial charge in [-0.2, -0.15) is 0 Å². The fourth-order valence-electron chi connectivity index (χ4n) is 6.68. The van der Waals surface area contributed by atoms with Gasteiger partial charge < -0.3 is 14.2 Å². The average Bonchev–Trinajstić information content (AvgIpc) is 3.29. The number of hydrogen-bond donors (Lipinski definition) is 0. The molecule has 0 amide bonds. The highest BCUT2D eigenvalue weighted by Crippen LogP contribution is 2.13. The lowest BCUT2D eigenvalue weighted by Crippen LogP contribution is -2.30. The SMILES string of the molecule is CC/C=C\C/C=C\C/C=C\CCCC(=O)OCC(COC(=O)CCCCCCC\C=C/C=C\C=C/C=C\CCCCC)OC(=O)CCCCCCCCC/C=C\C/C=C\CCCCC. The monoisotopic (exact) mass is 887 g/mol. The molecule has 0 aromatic heterocycles. The Morgan fingerprint density at radius 2 is 0.688 bits per heavy atom. The van der Waals surface area contributed by atoms with Gasteiger partial charge in [-0.05, 0) is 103 Å². The third kappa shape index (κ3) is 49.1. The predicted molar refractivity (Wildman–Crippen MR) is 274 cm³/mol. The number of carbonyl (C=O) groups excluding carboxylic acids is 3. The Kier molecular flexibility index (Phi) is 48.5. The number of rotatable bonds is 45. The largest absolute Gasteiger partial charge is 0.462 e. The summed E-state index contributed by atoms with van der Waals surface area (Å²) in [5.74, 6) is -1.00. The lowest BCUT2D eigenvalue weighted by Gasteiger charge is -2.18. The molecule has 362 valence electrons. The molecule has 0 N–H and O–H groups in total. The van der Waals surface area contributed by atoms with Gasteiger partial charge in [0.15, 0.2) is 6.10 Å². The summed E-state index contributed by atoms with van der Waals surface area (Å²) in [4.78, 5) is 37.9. The van der Waals surface area contributed by atoms with E-state index in [-0.39, 0.29) is 37.5 Å². The normalized spacial score (nSPS) is 13.0. The molecule has 0 radical (unpaired) electrons. The van der Waals surface area contributed by atoms with Crippen LogP contribution < -0.4 is 0 Å². The minimum Gasteiger partial charge on any atom is -0.462 e. The van der Waals surface area contributed by atoms with E-state index in [0.29, 0.717) is 19.3 Å². The summed E-state index contributed by atoms with van der Waals surface area (Å²) < 4.78 is 16.7. The van der Waals surface area contributed by atoms with Crippen LogP contribution in [-0.2, 0) is 28.6 Å². The lowest BCUT2D eigenvalue weighted by atomic mass is 10.1. The van der Waals surface area contributed by atoms with Gasteiger partial charge in [0.2, 0.25) is 0 Å². The van der Waals surface area contributed by atoms with E-state index in [1.807, 2.05) is 0 Å². The molecule has 64 heavy (non-hydrogen) atoms. The number of allylic oxidation sites excluding steroid dienone is 18. The van der Waals surface area contributed by atoms with Crippen molar-refractivity contribution in [3.8, 4) is 0 Å². The Balaban J connectivity index is 4.49. The first-order valence-electron chi connectivity index (χ1n) is 25.9. The molecule has 6 heteroatoms. The smallest absolute Gasteiger partial charge is 0.306 e. The Labute approximate surface area is 393 Å². The molecule has 0 aliphatic rings. The van der Waals surface area contributed by atoms with E-state index in [9.17, 15) is 14.4 Å². The molecule has 0 spiro atoms. The molecule has 1 atom stereocenters. The van der Waals surface area contributed by atoms with E-state index in [2.05, 4.69) is 130 Å².